The first kappa shape index (κ1) is 13.9. The minimum atomic E-state index is -3.80. The topological polar surface area (TPSA) is 72.2 Å². The Morgan fingerprint density at radius 2 is 1.81 bits per heavy atom. The van der Waals surface area contributed by atoms with Crippen LogP contribution < -0.4 is 10.5 Å². The van der Waals surface area contributed by atoms with Crippen molar-refractivity contribution in [2.24, 2.45) is 0 Å². The van der Waals surface area contributed by atoms with Gasteiger partial charge in [0.05, 0.1) is 10.6 Å². The number of hydrogen-bond donors (Lipinski definition) is 2. The average Bonchev–Trinajstić information content (AvgIpc) is 2.89. The van der Waals surface area contributed by atoms with Crippen molar-refractivity contribution in [1.29, 1.82) is 0 Å². The first-order valence-electron chi connectivity index (χ1n) is 6.65. The third-order valence-corrected chi connectivity index (χ3v) is 4.98. The van der Waals surface area contributed by atoms with Crippen molar-refractivity contribution in [3.8, 4) is 0 Å². The molecule has 0 amide bonds. The van der Waals surface area contributed by atoms with Crippen molar-refractivity contribution in [1.82, 2.24) is 0 Å². The van der Waals surface area contributed by atoms with Crippen molar-refractivity contribution in [3.63, 3.8) is 0 Å². The molecule has 2 aromatic carbocycles. The van der Waals surface area contributed by atoms with Crippen LogP contribution in [0.4, 0.5) is 15.8 Å². The number of fused-ring (bicyclic) bond motifs is 1. The fourth-order valence-corrected chi connectivity index (χ4v) is 3.65. The number of benzene rings is 2. The Kier molecular flexibility index (Phi) is 3.33. The third kappa shape index (κ3) is 2.71. The number of halogens is 1. The van der Waals surface area contributed by atoms with Gasteiger partial charge in [-0.3, -0.25) is 4.72 Å². The van der Waals surface area contributed by atoms with E-state index < -0.39 is 15.8 Å². The predicted octanol–water partition coefficient (Wildman–Crippen LogP) is 2.70. The lowest BCUT2D eigenvalue weighted by atomic mass is 10.1. The van der Waals surface area contributed by atoms with Gasteiger partial charge in [0.1, 0.15) is 5.82 Å². The molecule has 0 spiro atoms. The summed E-state index contributed by atoms with van der Waals surface area (Å²) < 4.78 is 40.6. The minimum absolute atomic E-state index is 0.107. The largest absolute Gasteiger partial charge is 0.399 e. The van der Waals surface area contributed by atoms with E-state index in [-0.39, 0.29) is 16.3 Å². The van der Waals surface area contributed by atoms with Crippen molar-refractivity contribution in [2.45, 2.75) is 24.2 Å². The molecule has 0 heterocycles. The predicted molar refractivity (Wildman–Crippen MR) is 80.1 cm³/mol. The summed E-state index contributed by atoms with van der Waals surface area (Å²) in [6.07, 6.45) is 2.91. The Bertz CT molecular complexity index is 803. The number of nitrogens with one attached hydrogen (secondary N) is 1. The number of sulfonamides is 1. The summed E-state index contributed by atoms with van der Waals surface area (Å²) in [5.74, 6) is -0.695. The van der Waals surface area contributed by atoms with Crippen LogP contribution in [0.5, 0.6) is 0 Å². The lowest BCUT2D eigenvalue weighted by Crippen LogP contribution is -2.14. The van der Waals surface area contributed by atoms with Gasteiger partial charge in [-0.2, -0.15) is 0 Å². The van der Waals surface area contributed by atoms with Gasteiger partial charge in [-0.1, -0.05) is 6.07 Å². The molecule has 0 fully saturated rings. The second-order valence-corrected chi connectivity index (χ2v) is 6.81. The van der Waals surface area contributed by atoms with Gasteiger partial charge in [-0.15, -0.1) is 0 Å². The van der Waals surface area contributed by atoms with Crippen LogP contribution >= 0.6 is 0 Å². The smallest absolute Gasteiger partial charge is 0.261 e. The molecule has 0 aliphatic heterocycles. The molecule has 0 atom stereocenters. The van der Waals surface area contributed by atoms with Crippen molar-refractivity contribution in [3.05, 3.63) is 53.3 Å². The van der Waals surface area contributed by atoms with Gasteiger partial charge in [-0.05, 0) is 60.7 Å². The Labute approximate surface area is 122 Å². The van der Waals surface area contributed by atoms with E-state index in [9.17, 15) is 12.8 Å². The highest BCUT2D eigenvalue weighted by atomic mass is 32.2. The lowest BCUT2D eigenvalue weighted by molar-refractivity contribution is 0.598. The zero-order valence-corrected chi connectivity index (χ0v) is 12.1. The Morgan fingerprint density at radius 3 is 2.57 bits per heavy atom. The van der Waals surface area contributed by atoms with Crippen LogP contribution in [0.15, 0.2) is 41.3 Å². The lowest BCUT2D eigenvalue weighted by Gasteiger charge is -2.10. The highest BCUT2D eigenvalue weighted by Gasteiger charge is 2.19. The highest BCUT2D eigenvalue weighted by Crippen LogP contribution is 2.26. The maximum atomic E-state index is 13.7. The van der Waals surface area contributed by atoms with Gasteiger partial charge < -0.3 is 5.73 Å². The molecule has 3 rings (SSSR count). The van der Waals surface area contributed by atoms with Crippen molar-refractivity contribution >= 4 is 21.4 Å². The van der Waals surface area contributed by atoms with Crippen LogP contribution in [0.3, 0.4) is 0 Å². The monoisotopic (exact) mass is 306 g/mol. The standard InChI is InChI=1S/C15H15FN2O2S/c16-14-9-12(17)5-7-15(14)18-21(19,20)13-6-4-10-2-1-3-11(10)8-13/h4-9,18H,1-3,17H2. The molecule has 110 valence electrons. The molecule has 6 heteroatoms. The zero-order chi connectivity index (χ0) is 15.0. The number of nitrogens with two attached hydrogens (primary N) is 1. The summed E-state index contributed by atoms with van der Waals surface area (Å²) >= 11 is 0. The van der Waals surface area contributed by atoms with E-state index in [4.69, 9.17) is 5.73 Å². The number of nitrogen functional groups attached to an aromatic ring is 1. The molecule has 2 aromatic rings. The molecule has 0 saturated heterocycles. The Hall–Kier alpha value is -2.08. The van der Waals surface area contributed by atoms with E-state index in [2.05, 4.69) is 4.72 Å². The van der Waals surface area contributed by atoms with Crippen LogP contribution in [0, 0.1) is 5.82 Å². The fourth-order valence-electron chi connectivity index (χ4n) is 2.53. The molecule has 1 aliphatic rings. The van der Waals surface area contributed by atoms with E-state index in [0.717, 1.165) is 30.9 Å². The van der Waals surface area contributed by atoms with Gasteiger partial charge in [0, 0.05) is 5.69 Å². The molecule has 0 radical (unpaired) electrons. The summed E-state index contributed by atoms with van der Waals surface area (Å²) in [5.41, 5.74) is 7.82. The molecule has 0 saturated carbocycles. The zero-order valence-electron chi connectivity index (χ0n) is 11.3. The van der Waals surface area contributed by atoms with Crippen LogP contribution in [-0.4, -0.2) is 8.42 Å². The molecular weight excluding hydrogens is 291 g/mol. The van der Waals surface area contributed by atoms with E-state index in [1.165, 1.54) is 17.7 Å². The SMILES string of the molecule is Nc1ccc(NS(=O)(=O)c2ccc3c(c2)CCC3)c(F)c1. The summed E-state index contributed by atoms with van der Waals surface area (Å²) in [6.45, 7) is 0. The summed E-state index contributed by atoms with van der Waals surface area (Å²) in [7, 11) is -3.80. The quantitative estimate of drug-likeness (QED) is 0.856. The first-order valence-corrected chi connectivity index (χ1v) is 8.14. The van der Waals surface area contributed by atoms with Crippen molar-refractivity contribution < 1.29 is 12.8 Å². The van der Waals surface area contributed by atoms with Gasteiger partial charge in [0.15, 0.2) is 0 Å². The number of hydrogen-bond acceptors (Lipinski definition) is 3. The first-order chi connectivity index (χ1) is 9.95. The average molecular weight is 306 g/mol. The molecule has 0 bridgehead atoms. The van der Waals surface area contributed by atoms with Crippen LogP contribution in [0.1, 0.15) is 17.5 Å². The summed E-state index contributed by atoms with van der Waals surface area (Å²) in [6, 6.07) is 8.90. The van der Waals surface area contributed by atoms with Gasteiger partial charge in [0.2, 0.25) is 0 Å². The van der Waals surface area contributed by atoms with Crippen LogP contribution in [0.25, 0.3) is 0 Å². The maximum Gasteiger partial charge on any atom is 0.261 e. The Morgan fingerprint density at radius 1 is 1.05 bits per heavy atom. The van der Waals surface area contributed by atoms with Crippen LogP contribution in [0.2, 0.25) is 0 Å². The second-order valence-electron chi connectivity index (χ2n) is 5.13. The third-order valence-electron chi connectivity index (χ3n) is 3.62. The molecule has 21 heavy (non-hydrogen) atoms. The van der Waals surface area contributed by atoms with E-state index in [1.54, 1.807) is 12.1 Å². The molecule has 1 aliphatic carbocycles. The highest BCUT2D eigenvalue weighted by molar-refractivity contribution is 7.92. The second kappa shape index (κ2) is 5.04. The van der Waals surface area contributed by atoms with E-state index in [0.29, 0.717) is 0 Å². The number of rotatable bonds is 3. The van der Waals surface area contributed by atoms with E-state index >= 15 is 0 Å². The molecule has 4 nitrogen and oxygen atoms in total. The fraction of sp³-hybridized carbons (Fsp3) is 0.200. The Balaban J connectivity index is 1.93. The summed E-state index contributed by atoms with van der Waals surface area (Å²) in [5, 5.41) is 0. The van der Waals surface area contributed by atoms with Gasteiger partial charge in [0.25, 0.3) is 10.0 Å². The normalized spacial score (nSPS) is 14.0. The number of aryl methyl sites for hydroxylation is 2. The van der Waals surface area contributed by atoms with Crippen LogP contribution in [-0.2, 0) is 22.9 Å². The molecule has 0 aromatic heterocycles. The molecule has 3 N–H and O–H groups in total. The summed E-state index contributed by atoms with van der Waals surface area (Å²) in [4.78, 5) is 0.152. The van der Waals surface area contributed by atoms with Crippen molar-refractivity contribution in [2.75, 3.05) is 10.5 Å². The minimum Gasteiger partial charge on any atom is -0.399 e. The van der Waals surface area contributed by atoms with Gasteiger partial charge in [-0.25, -0.2) is 12.8 Å². The molecular formula is C15H15FN2O2S. The van der Waals surface area contributed by atoms with E-state index in [1.807, 2.05) is 6.07 Å². The van der Waals surface area contributed by atoms with Gasteiger partial charge >= 0.3 is 0 Å². The maximum absolute atomic E-state index is 13.7. The molecule has 0 unspecified atom stereocenters. The number of anilines is 2.